The van der Waals surface area contributed by atoms with Gasteiger partial charge in [-0.15, -0.1) is 20.1 Å². The number of benzene rings is 1. The molecule has 22 heavy (non-hydrogen) atoms. The molecule has 4 rings (SSSR count). The van der Waals surface area contributed by atoms with E-state index in [-0.39, 0.29) is 6.61 Å². The Balaban J connectivity index is 1.47. The van der Waals surface area contributed by atoms with Crippen LogP contribution in [-0.4, -0.2) is 35.0 Å². The van der Waals surface area contributed by atoms with E-state index in [1.54, 1.807) is 6.33 Å². The van der Waals surface area contributed by atoms with E-state index in [1.807, 2.05) is 35.8 Å². The van der Waals surface area contributed by atoms with Crippen molar-refractivity contribution in [1.82, 2.24) is 35.0 Å². The normalized spacial score (nSPS) is 14.2. The molecule has 1 aliphatic carbocycles. The summed E-state index contributed by atoms with van der Waals surface area (Å²) in [6.07, 6.45) is 4.00. The smallest absolute Gasteiger partial charge is 0.317 e. The molecule has 0 spiro atoms. The summed E-state index contributed by atoms with van der Waals surface area (Å²) in [5.41, 5.74) is 2.02. The zero-order valence-electron chi connectivity index (χ0n) is 12.1. The molecule has 0 amide bonds. The van der Waals surface area contributed by atoms with E-state index >= 15 is 0 Å². The first-order valence-corrected chi connectivity index (χ1v) is 7.18. The van der Waals surface area contributed by atoms with Crippen LogP contribution in [0.4, 0.5) is 0 Å². The average molecular weight is 297 g/mol. The van der Waals surface area contributed by atoms with Crippen LogP contribution in [0.5, 0.6) is 6.01 Å². The molecule has 0 unspecified atom stereocenters. The lowest BCUT2D eigenvalue weighted by atomic mass is 10.2. The van der Waals surface area contributed by atoms with Crippen molar-refractivity contribution < 1.29 is 4.74 Å². The second-order valence-electron chi connectivity index (χ2n) is 5.37. The van der Waals surface area contributed by atoms with Crippen molar-refractivity contribution in [3.63, 3.8) is 0 Å². The van der Waals surface area contributed by atoms with Gasteiger partial charge in [0.05, 0.1) is 5.69 Å². The molecular weight excluding hydrogens is 282 g/mol. The lowest BCUT2D eigenvalue weighted by Crippen LogP contribution is -2.05. The third kappa shape index (κ3) is 2.54. The van der Waals surface area contributed by atoms with E-state index in [4.69, 9.17) is 4.74 Å². The summed E-state index contributed by atoms with van der Waals surface area (Å²) in [6.45, 7) is 2.24. The van der Waals surface area contributed by atoms with Gasteiger partial charge in [-0.05, 0) is 42.7 Å². The van der Waals surface area contributed by atoms with Crippen molar-refractivity contribution in [3.8, 4) is 11.7 Å². The fourth-order valence-corrected chi connectivity index (χ4v) is 2.23. The molecular formula is C14H15N7O. The zero-order valence-corrected chi connectivity index (χ0v) is 12.1. The van der Waals surface area contributed by atoms with Crippen molar-refractivity contribution >= 4 is 0 Å². The number of aryl methyl sites for hydroxylation is 1. The van der Waals surface area contributed by atoms with E-state index in [0.29, 0.717) is 17.9 Å². The molecule has 0 atom stereocenters. The Hall–Kier alpha value is -2.77. The topological polar surface area (TPSA) is 83.5 Å². The number of hydrogen-bond acceptors (Lipinski definition) is 6. The highest BCUT2D eigenvalue weighted by Gasteiger charge is 2.27. The summed E-state index contributed by atoms with van der Waals surface area (Å²) in [6, 6.07) is 8.90. The molecule has 3 aromatic rings. The van der Waals surface area contributed by atoms with Crippen LogP contribution < -0.4 is 4.74 Å². The zero-order chi connectivity index (χ0) is 14.9. The maximum absolute atomic E-state index is 5.65. The second-order valence-corrected chi connectivity index (χ2v) is 5.37. The van der Waals surface area contributed by atoms with Gasteiger partial charge in [-0.1, -0.05) is 17.2 Å². The standard InChI is InChI=1S/C14H15N7O/c1-10-3-2-4-12(7-10)21-18-13(16-19-21)8-22-14-17-15-9-20(14)11-5-6-11/h2-4,7,9,11H,5-6,8H2,1H3. The summed E-state index contributed by atoms with van der Waals surface area (Å²) >= 11 is 0. The first-order valence-electron chi connectivity index (χ1n) is 7.18. The maximum Gasteiger partial charge on any atom is 0.317 e. The second kappa shape index (κ2) is 5.21. The molecule has 0 radical (unpaired) electrons. The molecule has 112 valence electrons. The largest absolute Gasteiger partial charge is 0.455 e. The third-order valence-electron chi connectivity index (χ3n) is 3.50. The van der Waals surface area contributed by atoms with Crippen LogP contribution in [0, 0.1) is 6.92 Å². The quantitative estimate of drug-likeness (QED) is 0.709. The van der Waals surface area contributed by atoms with E-state index in [1.165, 1.54) is 4.80 Å². The van der Waals surface area contributed by atoms with Gasteiger partial charge >= 0.3 is 6.01 Å². The molecule has 0 aliphatic heterocycles. The van der Waals surface area contributed by atoms with Crippen LogP contribution in [0.2, 0.25) is 0 Å². The average Bonchev–Trinajstić information content (AvgIpc) is 3.08. The van der Waals surface area contributed by atoms with Crippen LogP contribution in [0.15, 0.2) is 30.6 Å². The van der Waals surface area contributed by atoms with Gasteiger partial charge in [-0.3, -0.25) is 4.57 Å². The monoisotopic (exact) mass is 297 g/mol. The minimum absolute atomic E-state index is 0.219. The van der Waals surface area contributed by atoms with Crippen LogP contribution in [0.25, 0.3) is 5.69 Å². The van der Waals surface area contributed by atoms with Crippen LogP contribution in [0.1, 0.15) is 30.3 Å². The van der Waals surface area contributed by atoms with Crippen molar-refractivity contribution in [2.24, 2.45) is 0 Å². The summed E-state index contributed by atoms with van der Waals surface area (Å²) in [5, 5.41) is 20.2. The lowest BCUT2D eigenvalue weighted by molar-refractivity contribution is 0.257. The van der Waals surface area contributed by atoms with Gasteiger partial charge in [0.1, 0.15) is 6.33 Å². The molecule has 0 saturated heterocycles. The Kier molecular flexibility index (Phi) is 3.06. The van der Waals surface area contributed by atoms with Crippen molar-refractivity contribution in [1.29, 1.82) is 0 Å². The van der Waals surface area contributed by atoms with E-state index < -0.39 is 0 Å². The molecule has 8 heteroatoms. The summed E-state index contributed by atoms with van der Waals surface area (Å²) in [5.74, 6) is 0.506. The van der Waals surface area contributed by atoms with Gasteiger partial charge < -0.3 is 4.74 Å². The SMILES string of the molecule is Cc1cccc(-n2nnc(COc3nncn3C3CC3)n2)c1. The van der Waals surface area contributed by atoms with Gasteiger partial charge in [0.25, 0.3) is 0 Å². The van der Waals surface area contributed by atoms with Gasteiger partial charge in [0.2, 0.25) is 5.82 Å². The molecule has 8 nitrogen and oxygen atoms in total. The van der Waals surface area contributed by atoms with E-state index in [2.05, 4.69) is 25.6 Å². The van der Waals surface area contributed by atoms with Crippen LogP contribution >= 0.6 is 0 Å². The van der Waals surface area contributed by atoms with E-state index in [0.717, 1.165) is 24.1 Å². The van der Waals surface area contributed by atoms with Gasteiger partial charge in [-0.25, -0.2) is 0 Å². The lowest BCUT2D eigenvalue weighted by Gasteiger charge is -2.04. The highest BCUT2D eigenvalue weighted by atomic mass is 16.5. The Morgan fingerprint density at radius 2 is 2.18 bits per heavy atom. The first-order chi connectivity index (χ1) is 10.8. The molecule has 1 aliphatic rings. The number of rotatable bonds is 5. The summed E-state index contributed by atoms with van der Waals surface area (Å²) in [7, 11) is 0. The van der Waals surface area contributed by atoms with Gasteiger partial charge in [-0.2, -0.15) is 0 Å². The number of tetrazole rings is 1. The Labute approximate surface area is 126 Å². The molecule has 2 heterocycles. The molecule has 0 N–H and O–H groups in total. The minimum Gasteiger partial charge on any atom is -0.455 e. The molecule has 1 aromatic carbocycles. The fourth-order valence-electron chi connectivity index (χ4n) is 2.23. The van der Waals surface area contributed by atoms with Crippen molar-refractivity contribution in [3.05, 3.63) is 42.0 Å². The molecule has 1 saturated carbocycles. The van der Waals surface area contributed by atoms with Crippen molar-refractivity contribution in [2.45, 2.75) is 32.4 Å². The predicted octanol–water partition coefficient (Wildman–Crippen LogP) is 1.48. The number of hydrogen-bond donors (Lipinski definition) is 0. The van der Waals surface area contributed by atoms with Crippen LogP contribution in [-0.2, 0) is 6.61 Å². The van der Waals surface area contributed by atoms with Crippen molar-refractivity contribution in [2.75, 3.05) is 0 Å². The number of ether oxygens (including phenoxy) is 1. The van der Waals surface area contributed by atoms with Gasteiger partial charge in [0, 0.05) is 6.04 Å². The third-order valence-corrected chi connectivity index (χ3v) is 3.50. The first kappa shape index (κ1) is 12.9. The van der Waals surface area contributed by atoms with E-state index in [9.17, 15) is 0 Å². The Morgan fingerprint density at radius 1 is 1.27 bits per heavy atom. The molecule has 2 aromatic heterocycles. The fraction of sp³-hybridized carbons (Fsp3) is 0.357. The van der Waals surface area contributed by atoms with Gasteiger partial charge in [0.15, 0.2) is 6.61 Å². The summed E-state index contributed by atoms with van der Waals surface area (Å²) in [4.78, 5) is 1.50. The summed E-state index contributed by atoms with van der Waals surface area (Å²) < 4.78 is 7.60. The number of aromatic nitrogens is 7. The van der Waals surface area contributed by atoms with Crippen LogP contribution in [0.3, 0.4) is 0 Å². The minimum atomic E-state index is 0.219. The Morgan fingerprint density at radius 3 is 3.00 bits per heavy atom. The number of nitrogens with zero attached hydrogens (tertiary/aromatic N) is 7. The molecule has 0 bridgehead atoms. The Bertz CT molecular complexity index is 790. The molecule has 1 fully saturated rings. The highest BCUT2D eigenvalue weighted by molar-refractivity contribution is 5.32. The predicted molar refractivity (Wildman–Crippen MR) is 76.5 cm³/mol. The highest BCUT2D eigenvalue weighted by Crippen LogP contribution is 2.37. The maximum atomic E-state index is 5.65.